The van der Waals surface area contributed by atoms with Crippen LogP contribution in [-0.4, -0.2) is 113 Å². The van der Waals surface area contributed by atoms with E-state index in [1.165, 1.54) is 0 Å². The van der Waals surface area contributed by atoms with Crippen LogP contribution in [0.1, 0.15) is 67.2 Å². The molecule has 2 unspecified atom stereocenters. The summed E-state index contributed by atoms with van der Waals surface area (Å²) in [5, 5.41) is 1.22. The van der Waals surface area contributed by atoms with Crippen LogP contribution < -0.4 is 0 Å². The first-order valence-electron chi connectivity index (χ1n) is 13.6. The molecule has 0 bridgehead atoms. The van der Waals surface area contributed by atoms with Crippen LogP contribution in [-0.2, 0) is 31.9 Å². The molecule has 0 aliphatic carbocycles. The molecule has 2 amide bonds. The van der Waals surface area contributed by atoms with Gasteiger partial charge in [0.05, 0.1) is 13.1 Å². The van der Waals surface area contributed by atoms with E-state index in [0.29, 0.717) is 59.4 Å². The quantitative estimate of drug-likeness (QED) is 0.184. The molecule has 218 valence electrons. The van der Waals surface area contributed by atoms with Gasteiger partial charge in [0.2, 0.25) is 11.8 Å². The van der Waals surface area contributed by atoms with E-state index in [1.54, 1.807) is 9.80 Å². The molecule has 2 heterocycles. The van der Waals surface area contributed by atoms with Crippen LogP contribution in [0.2, 0.25) is 0 Å². The van der Waals surface area contributed by atoms with Gasteiger partial charge in [0, 0.05) is 26.2 Å². The molecule has 0 aromatic carbocycles. The van der Waals surface area contributed by atoms with Crippen molar-refractivity contribution < 1.29 is 18.7 Å². The molecule has 0 aromatic heterocycles. The Bertz CT molecular complexity index is 789. The Morgan fingerprint density at radius 3 is 1.32 bits per heavy atom. The minimum absolute atomic E-state index is 0.0537. The topological polar surface area (TPSA) is 93.2 Å². The second-order valence-electron chi connectivity index (χ2n) is 11.7. The summed E-state index contributed by atoms with van der Waals surface area (Å²) >= 11 is 8.80. The van der Waals surface area contributed by atoms with Gasteiger partial charge in [-0.25, -0.2) is 0 Å². The minimum Gasteiger partial charge on any atom is -0.616 e. The highest BCUT2D eigenvalue weighted by Gasteiger charge is 2.34. The van der Waals surface area contributed by atoms with E-state index in [1.807, 2.05) is 23.6 Å². The Balaban J connectivity index is 1.65. The van der Waals surface area contributed by atoms with Gasteiger partial charge in [-0.05, 0) is 97.1 Å². The van der Waals surface area contributed by atoms with Gasteiger partial charge in [0.15, 0.2) is 10.2 Å². The summed E-state index contributed by atoms with van der Waals surface area (Å²) in [6.07, 6.45) is 3.13. The first-order valence-corrected chi connectivity index (χ1v) is 17.4. The summed E-state index contributed by atoms with van der Waals surface area (Å²) in [6, 6.07) is 0. The van der Waals surface area contributed by atoms with Crippen molar-refractivity contribution in [3.63, 3.8) is 0 Å². The van der Waals surface area contributed by atoms with Crippen molar-refractivity contribution in [2.75, 3.05) is 62.3 Å². The van der Waals surface area contributed by atoms with Crippen molar-refractivity contribution in [3.05, 3.63) is 0 Å². The largest absolute Gasteiger partial charge is 0.616 e. The summed E-state index contributed by atoms with van der Waals surface area (Å²) < 4.78 is 25.3. The number of rotatable bonds is 17. The summed E-state index contributed by atoms with van der Waals surface area (Å²) in [6.45, 7) is 15.9. The number of amides is 2. The van der Waals surface area contributed by atoms with Crippen LogP contribution in [0.25, 0.3) is 0 Å². The minimum atomic E-state index is -1.03. The van der Waals surface area contributed by atoms with E-state index < -0.39 is 22.4 Å². The molecule has 0 aromatic rings. The van der Waals surface area contributed by atoms with Gasteiger partial charge >= 0.3 is 0 Å². The monoisotopic (exact) mass is 606 g/mol. The van der Waals surface area contributed by atoms with Crippen molar-refractivity contribution in [3.8, 4) is 0 Å². The number of carbonyl (C=O) groups excluding carboxylic acids is 2. The number of hydrogen-bond acceptors (Lipinski definition) is 6. The van der Waals surface area contributed by atoms with Crippen LogP contribution >= 0.6 is 24.4 Å². The molecule has 38 heavy (non-hydrogen) atoms. The van der Waals surface area contributed by atoms with E-state index in [9.17, 15) is 18.7 Å². The zero-order chi connectivity index (χ0) is 28.7. The number of thiocarbonyl (C=S) groups is 2. The third-order valence-electron chi connectivity index (χ3n) is 7.60. The normalized spacial score (nSPS) is 18.8. The molecule has 2 aliphatic heterocycles. The third-order valence-corrected chi connectivity index (χ3v) is 11.5. The second kappa shape index (κ2) is 14.8. The van der Waals surface area contributed by atoms with E-state index in [2.05, 4.69) is 27.7 Å². The van der Waals surface area contributed by atoms with Gasteiger partial charge in [0.25, 0.3) is 0 Å². The lowest BCUT2D eigenvalue weighted by molar-refractivity contribution is -0.126. The lowest BCUT2D eigenvalue weighted by Crippen LogP contribution is -2.36. The molecule has 0 spiro atoms. The average Bonchev–Trinajstić information content (AvgIpc) is 3.30. The fourth-order valence-corrected chi connectivity index (χ4v) is 8.60. The zero-order valence-corrected chi connectivity index (χ0v) is 27.2. The highest BCUT2D eigenvalue weighted by Crippen LogP contribution is 2.29. The lowest BCUT2D eigenvalue weighted by Gasteiger charge is -2.28. The second-order valence-corrected chi connectivity index (χ2v) is 15.8. The van der Waals surface area contributed by atoms with Crippen molar-refractivity contribution in [2.24, 2.45) is 10.8 Å². The smallest absolute Gasteiger partial charge is 0.248 e. The molecule has 0 N–H and O–H groups in total. The van der Waals surface area contributed by atoms with Gasteiger partial charge in [0.1, 0.15) is 23.0 Å². The number of hydrogen-bond donors (Lipinski definition) is 0. The van der Waals surface area contributed by atoms with E-state index in [4.69, 9.17) is 24.4 Å². The molecule has 2 saturated heterocycles. The van der Waals surface area contributed by atoms with Gasteiger partial charge in [-0.3, -0.25) is 19.4 Å². The van der Waals surface area contributed by atoms with E-state index in [-0.39, 0.29) is 22.6 Å². The van der Waals surface area contributed by atoms with Gasteiger partial charge < -0.3 is 18.9 Å². The molecule has 0 saturated carbocycles. The lowest BCUT2D eigenvalue weighted by atomic mass is 9.86. The highest BCUT2D eigenvalue weighted by atomic mass is 32.2. The molecular weight excluding hydrogens is 561 g/mol. The molecule has 12 heteroatoms. The van der Waals surface area contributed by atoms with Crippen LogP contribution in [0.5, 0.6) is 0 Å². The zero-order valence-electron chi connectivity index (χ0n) is 24.0. The number of likely N-dealkylation sites (N-methyl/N-ethyl adjacent to an activating group) is 2. The Morgan fingerprint density at radius 1 is 0.684 bits per heavy atom. The highest BCUT2D eigenvalue weighted by molar-refractivity contribution is 7.95. The Morgan fingerprint density at radius 2 is 1.03 bits per heavy atom. The van der Waals surface area contributed by atoms with Crippen LogP contribution in [0, 0.1) is 10.8 Å². The fraction of sp³-hybridized carbons (Fsp3) is 0.846. The van der Waals surface area contributed by atoms with Gasteiger partial charge in [-0.1, -0.05) is 27.7 Å². The maximum absolute atomic E-state index is 12.6. The molecule has 2 rings (SSSR count). The number of carbonyl (C=O) groups is 2. The van der Waals surface area contributed by atoms with Crippen molar-refractivity contribution >= 4 is 68.8 Å². The Hall–Kier alpha value is -0.660. The van der Waals surface area contributed by atoms with Crippen molar-refractivity contribution in [1.82, 2.24) is 19.6 Å². The summed E-state index contributed by atoms with van der Waals surface area (Å²) in [7, 11) is 0. The van der Waals surface area contributed by atoms with E-state index >= 15 is 0 Å². The molecular formula is C26H46N4O4S4. The molecule has 0 radical (unpaired) electrons. The van der Waals surface area contributed by atoms with Gasteiger partial charge in [-0.15, -0.1) is 0 Å². The van der Waals surface area contributed by atoms with Crippen LogP contribution in [0.4, 0.5) is 0 Å². The van der Waals surface area contributed by atoms with Crippen molar-refractivity contribution in [2.45, 2.75) is 67.2 Å². The predicted molar refractivity (Wildman–Crippen MR) is 165 cm³/mol. The summed E-state index contributed by atoms with van der Waals surface area (Å²) in [5.74, 6) is 2.11. The third kappa shape index (κ3) is 10.1. The maximum Gasteiger partial charge on any atom is 0.248 e. The first-order chi connectivity index (χ1) is 17.7. The van der Waals surface area contributed by atoms with Crippen LogP contribution in [0.15, 0.2) is 0 Å². The predicted octanol–water partition coefficient (Wildman–Crippen LogP) is 2.99. The molecule has 8 nitrogen and oxygen atoms in total. The first kappa shape index (κ1) is 33.5. The standard InChI is InChI=1S/C26H46N4O4S4/c1-7-27-19-21(31)29(23(27)35)13-9-25(3,4)11-15-37(33)17-18-38(34)16-12-26(5,6)10-14-30-22(32)20-28(8-2)24(30)36/h7-20H2,1-6H3. The fourth-order valence-electron chi connectivity index (χ4n) is 4.37. The average molecular weight is 607 g/mol. The number of nitrogens with zero attached hydrogens (tertiary/aromatic N) is 4. The van der Waals surface area contributed by atoms with Gasteiger partial charge in [-0.2, -0.15) is 0 Å². The summed E-state index contributed by atoms with van der Waals surface area (Å²) in [5.41, 5.74) is -0.136. The summed E-state index contributed by atoms with van der Waals surface area (Å²) in [4.78, 5) is 31.7. The maximum atomic E-state index is 12.6. The molecule has 2 fully saturated rings. The Kier molecular flexibility index (Phi) is 13.1. The molecule has 2 atom stereocenters. The Labute approximate surface area is 246 Å². The van der Waals surface area contributed by atoms with Crippen molar-refractivity contribution in [1.29, 1.82) is 0 Å². The molecule has 2 aliphatic rings. The van der Waals surface area contributed by atoms with E-state index in [0.717, 1.165) is 38.8 Å². The van der Waals surface area contributed by atoms with Crippen LogP contribution in [0.3, 0.4) is 0 Å². The SMILES string of the molecule is CCN1CC(=O)N(CCC(C)(C)CC[S+]([O-])CC[S+]([O-])CCC(C)(C)CCN2C(=O)CN(CC)C2=S)C1=S.